The second-order valence-electron chi connectivity index (χ2n) is 10.3. The second-order valence-corrected chi connectivity index (χ2v) is 12.4. The van der Waals surface area contributed by atoms with Crippen LogP contribution in [0.3, 0.4) is 0 Å². The van der Waals surface area contributed by atoms with E-state index in [-0.39, 0.29) is 12.2 Å². The molecule has 2 aliphatic heterocycles. The Morgan fingerprint density at radius 2 is 1.49 bits per heavy atom. The van der Waals surface area contributed by atoms with Crippen molar-refractivity contribution in [3.63, 3.8) is 0 Å². The summed E-state index contributed by atoms with van der Waals surface area (Å²) in [5, 5.41) is 4.20. The average molecular weight is 614 g/mol. The molecular formula is C32H21F2N3O4S2. The van der Waals surface area contributed by atoms with E-state index in [4.69, 9.17) is 0 Å². The Kier molecular flexibility index (Phi) is 6.71. The fourth-order valence-electron chi connectivity index (χ4n) is 5.80. The zero-order valence-electron chi connectivity index (χ0n) is 22.2. The second kappa shape index (κ2) is 10.6. The van der Waals surface area contributed by atoms with Crippen molar-refractivity contribution < 1.29 is 23.2 Å². The SMILES string of the molecule is O=C(Cn1c2c(sc1=O)C(c1ccc(F)cc1)C1C(=O)N(c3ccc(F)cc3)C(=O)C1S2)Nc1cccc2ccccc12. The number of carbonyl (C=O) groups excluding carboxylic acids is 3. The van der Waals surface area contributed by atoms with Crippen molar-refractivity contribution in [1.29, 1.82) is 0 Å². The lowest BCUT2D eigenvalue weighted by Gasteiger charge is -2.30. The molecule has 3 heterocycles. The molecule has 3 atom stereocenters. The van der Waals surface area contributed by atoms with Gasteiger partial charge in [-0.25, -0.2) is 13.7 Å². The van der Waals surface area contributed by atoms with Gasteiger partial charge < -0.3 is 5.32 Å². The molecule has 2 aliphatic rings. The number of nitrogens with zero attached hydrogens (tertiary/aromatic N) is 2. The molecule has 1 fully saturated rings. The number of fused-ring (bicyclic) bond motifs is 3. The number of amides is 3. The fourth-order valence-corrected chi connectivity index (χ4v) is 8.57. The van der Waals surface area contributed by atoms with E-state index in [1.165, 1.54) is 53.1 Å². The molecule has 7 nitrogen and oxygen atoms in total. The Labute approximate surface area is 251 Å². The molecule has 0 spiro atoms. The zero-order chi connectivity index (χ0) is 29.8. The van der Waals surface area contributed by atoms with Crippen LogP contribution in [0.4, 0.5) is 20.2 Å². The Bertz CT molecular complexity index is 1980. The van der Waals surface area contributed by atoms with Gasteiger partial charge in [0, 0.05) is 21.9 Å². The number of rotatable bonds is 5. The number of benzene rings is 4. The number of halogens is 2. The van der Waals surface area contributed by atoms with Crippen LogP contribution in [-0.4, -0.2) is 27.5 Å². The van der Waals surface area contributed by atoms with E-state index in [9.17, 15) is 28.0 Å². The van der Waals surface area contributed by atoms with Crippen molar-refractivity contribution in [2.75, 3.05) is 10.2 Å². The Balaban J connectivity index is 1.28. The van der Waals surface area contributed by atoms with Crippen molar-refractivity contribution in [2.45, 2.75) is 22.7 Å². The van der Waals surface area contributed by atoms with E-state index in [0.29, 0.717) is 21.2 Å². The molecule has 214 valence electrons. The molecule has 4 aromatic carbocycles. The largest absolute Gasteiger partial charge is 0.324 e. The molecule has 1 saturated heterocycles. The minimum atomic E-state index is -0.915. The van der Waals surface area contributed by atoms with Gasteiger partial charge in [-0.05, 0) is 53.4 Å². The predicted molar refractivity (Wildman–Crippen MR) is 161 cm³/mol. The van der Waals surface area contributed by atoms with Gasteiger partial charge in [-0.2, -0.15) is 0 Å². The smallest absolute Gasteiger partial charge is 0.308 e. The lowest BCUT2D eigenvalue weighted by Crippen LogP contribution is -2.33. The van der Waals surface area contributed by atoms with Gasteiger partial charge in [0.05, 0.1) is 16.6 Å². The van der Waals surface area contributed by atoms with Crippen LogP contribution in [-0.2, 0) is 20.9 Å². The average Bonchev–Trinajstić information content (AvgIpc) is 3.44. The summed E-state index contributed by atoms with van der Waals surface area (Å²) in [6, 6.07) is 23.8. The van der Waals surface area contributed by atoms with E-state index in [0.717, 1.165) is 38.8 Å². The first-order chi connectivity index (χ1) is 20.8. The van der Waals surface area contributed by atoms with Gasteiger partial charge in [0.1, 0.15) is 23.4 Å². The summed E-state index contributed by atoms with van der Waals surface area (Å²) in [6.45, 7) is -0.307. The molecule has 0 aliphatic carbocycles. The van der Waals surface area contributed by atoms with Gasteiger partial charge in [-0.15, -0.1) is 0 Å². The van der Waals surface area contributed by atoms with Crippen LogP contribution in [0.25, 0.3) is 10.8 Å². The van der Waals surface area contributed by atoms with Crippen molar-refractivity contribution in [3.8, 4) is 0 Å². The number of carbonyl (C=O) groups is 3. The summed E-state index contributed by atoms with van der Waals surface area (Å²) >= 11 is 1.98. The summed E-state index contributed by atoms with van der Waals surface area (Å²) in [5.74, 6) is -4.03. The van der Waals surface area contributed by atoms with Crippen LogP contribution in [0, 0.1) is 17.6 Å². The summed E-state index contributed by atoms with van der Waals surface area (Å²) in [5.41, 5.74) is 1.40. The first kappa shape index (κ1) is 27.2. The maximum atomic E-state index is 13.9. The van der Waals surface area contributed by atoms with E-state index in [1.54, 1.807) is 6.07 Å². The first-order valence-corrected chi connectivity index (χ1v) is 15.1. The molecule has 11 heteroatoms. The molecule has 5 aromatic rings. The Morgan fingerprint density at radius 1 is 0.814 bits per heavy atom. The van der Waals surface area contributed by atoms with Gasteiger partial charge in [0.2, 0.25) is 17.7 Å². The molecule has 3 amide bonds. The summed E-state index contributed by atoms with van der Waals surface area (Å²) in [6.07, 6.45) is 0. The topological polar surface area (TPSA) is 88.5 Å². The first-order valence-electron chi connectivity index (χ1n) is 13.4. The highest BCUT2D eigenvalue weighted by molar-refractivity contribution is 8.00. The predicted octanol–water partition coefficient (Wildman–Crippen LogP) is 5.78. The van der Waals surface area contributed by atoms with Gasteiger partial charge in [0.25, 0.3) is 0 Å². The summed E-state index contributed by atoms with van der Waals surface area (Å²) < 4.78 is 28.9. The lowest BCUT2D eigenvalue weighted by molar-refractivity contribution is -0.122. The van der Waals surface area contributed by atoms with E-state index >= 15 is 0 Å². The summed E-state index contributed by atoms with van der Waals surface area (Å²) in [4.78, 5) is 55.4. The van der Waals surface area contributed by atoms with Crippen molar-refractivity contribution in [3.05, 3.63) is 123 Å². The minimum Gasteiger partial charge on any atom is -0.324 e. The number of hydrogen-bond donors (Lipinski definition) is 1. The van der Waals surface area contributed by atoms with E-state index in [1.807, 2.05) is 36.4 Å². The third-order valence-electron chi connectivity index (χ3n) is 7.73. The molecular weight excluding hydrogens is 592 g/mol. The quantitative estimate of drug-likeness (QED) is 0.254. The fraction of sp³-hybridized carbons (Fsp3) is 0.125. The number of nitrogens with one attached hydrogen (secondary N) is 1. The molecule has 1 aromatic heterocycles. The van der Waals surface area contributed by atoms with Gasteiger partial charge in [-0.3, -0.25) is 23.7 Å². The molecule has 1 N–H and O–H groups in total. The van der Waals surface area contributed by atoms with Crippen LogP contribution < -0.4 is 15.1 Å². The highest BCUT2D eigenvalue weighted by Crippen LogP contribution is 2.53. The number of thioether (sulfide) groups is 1. The standard InChI is InChI=1S/C32H21F2N3O4S2/c33-19-10-8-18(9-11-19)25-26-27(30(40)37(29(26)39)21-14-12-20(34)13-15-21)42-31-28(25)43-32(41)36(31)16-24(38)35-23-7-3-5-17-4-1-2-6-22(17)23/h1-15,25-27H,16H2,(H,35,38). The van der Waals surface area contributed by atoms with Gasteiger partial charge in [0.15, 0.2) is 0 Å². The molecule has 0 saturated carbocycles. The summed E-state index contributed by atoms with van der Waals surface area (Å²) in [7, 11) is 0. The highest BCUT2D eigenvalue weighted by Gasteiger charge is 2.56. The number of anilines is 2. The van der Waals surface area contributed by atoms with Crippen LogP contribution >= 0.6 is 23.1 Å². The lowest BCUT2D eigenvalue weighted by atomic mass is 9.83. The van der Waals surface area contributed by atoms with Crippen LogP contribution in [0.1, 0.15) is 16.4 Å². The zero-order valence-corrected chi connectivity index (χ0v) is 23.8. The van der Waals surface area contributed by atoms with Crippen LogP contribution in [0.2, 0.25) is 0 Å². The third kappa shape index (κ3) is 4.65. The van der Waals surface area contributed by atoms with Crippen molar-refractivity contribution in [2.24, 2.45) is 5.92 Å². The number of imide groups is 1. The van der Waals surface area contributed by atoms with Crippen molar-refractivity contribution in [1.82, 2.24) is 4.57 Å². The third-order valence-corrected chi connectivity index (χ3v) is 10.3. The molecule has 3 unspecified atom stereocenters. The Hall–Kier alpha value is -4.61. The van der Waals surface area contributed by atoms with Crippen molar-refractivity contribution >= 4 is 63.0 Å². The van der Waals surface area contributed by atoms with E-state index < -0.39 is 51.3 Å². The van der Waals surface area contributed by atoms with Crippen LogP contribution in [0.5, 0.6) is 0 Å². The molecule has 0 radical (unpaired) electrons. The molecule has 0 bridgehead atoms. The highest BCUT2D eigenvalue weighted by atomic mass is 32.2. The Morgan fingerprint density at radius 3 is 2.23 bits per heavy atom. The maximum absolute atomic E-state index is 13.9. The van der Waals surface area contributed by atoms with Gasteiger partial charge in [-0.1, -0.05) is 71.6 Å². The number of thiazole rings is 1. The molecule has 7 rings (SSSR count). The number of hydrogen-bond acceptors (Lipinski definition) is 6. The number of aromatic nitrogens is 1. The maximum Gasteiger partial charge on any atom is 0.308 e. The van der Waals surface area contributed by atoms with Gasteiger partial charge >= 0.3 is 4.87 Å². The normalized spacial score (nSPS) is 19.4. The minimum absolute atomic E-state index is 0.236. The monoisotopic (exact) mass is 613 g/mol. The molecule has 43 heavy (non-hydrogen) atoms. The van der Waals surface area contributed by atoms with E-state index in [2.05, 4.69) is 5.32 Å². The van der Waals surface area contributed by atoms with Crippen LogP contribution in [0.15, 0.2) is 101 Å².